The average Bonchev–Trinajstić information content (AvgIpc) is 3.38. The molecule has 4 rings (SSSR count). The Bertz CT molecular complexity index is 1290. The number of likely N-dealkylation sites (tertiary alicyclic amines) is 1. The van der Waals surface area contributed by atoms with Crippen LogP contribution >= 0.6 is 23.2 Å². The van der Waals surface area contributed by atoms with Crippen LogP contribution in [0, 0.1) is 5.92 Å². The molecule has 2 heterocycles. The number of carbonyl (C=O) groups excluding carboxylic acids is 3. The fraction of sp³-hybridized carbons (Fsp3) is 0.469. The van der Waals surface area contributed by atoms with E-state index in [9.17, 15) is 14.4 Å². The largest absolute Gasteiger partial charge is 0.489 e. The lowest BCUT2D eigenvalue weighted by Gasteiger charge is -2.36. The summed E-state index contributed by atoms with van der Waals surface area (Å²) in [6.45, 7) is 6.34. The summed E-state index contributed by atoms with van der Waals surface area (Å²) in [4.78, 5) is 43.5. The monoisotopic (exact) mass is 616 g/mol. The third-order valence-corrected chi connectivity index (χ3v) is 8.18. The Morgan fingerprint density at radius 1 is 1.02 bits per heavy atom. The summed E-state index contributed by atoms with van der Waals surface area (Å²) < 4.78 is 16.7. The molecule has 10 heteroatoms. The highest BCUT2D eigenvalue weighted by molar-refractivity contribution is 6.35. The molecule has 0 aliphatic carbocycles. The van der Waals surface area contributed by atoms with E-state index in [2.05, 4.69) is 6.08 Å². The minimum atomic E-state index is -0.871. The summed E-state index contributed by atoms with van der Waals surface area (Å²) in [6, 6.07) is 11.0. The van der Waals surface area contributed by atoms with E-state index >= 15 is 0 Å². The molecule has 2 aromatic carbocycles. The van der Waals surface area contributed by atoms with Gasteiger partial charge in [0, 0.05) is 35.1 Å². The van der Waals surface area contributed by atoms with Gasteiger partial charge in [-0.3, -0.25) is 9.69 Å². The summed E-state index contributed by atoms with van der Waals surface area (Å²) in [5, 5.41) is 1.05. The molecule has 0 saturated carbocycles. The zero-order valence-corrected chi connectivity index (χ0v) is 26.0. The molecule has 0 N–H and O–H groups in total. The zero-order chi connectivity index (χ0) is 30.4. The van der Waals surface area contributed by atoms with Gasteiger partial charge in [-0.05, 0) is 75.8 Å². The first-order chi connectivity index (χ1) is 20.0. The van der Waals surface area contributed by atoms with Gasteiger partial charge in [0.15, 0.2) is 0 Å². The number of halogens is 2. The minimum absolute atomic E-state index is 0.0665. The quantitative estimate of drug-likeness (QED) is 0.262. The van der Waals surface area contributed by atoms with Crippen LogP contribution in [0.5, 0.6) is 5.75 Å². The summed E-state index contributed by atoms with van der Waals surface area (Å²) >= 11 is 12.5. The van der Waals surface area contributed by atoms with Crippen LogP contribution in [0.2, 0.25) is 10.0 Å². The first-order valence-corrected chi connectivity index (χ1v) is 14.9. The highest BCUT2D eigenvalue weighted by Gasteiger charge is 2.46. The van der Waals surface area contributed by atoms with Gasteiger partial charge in [0.2, 0.25) is 5.91 Å². The lowest BCUT2D eigenvalue weighted by Crippen LogP contribution is -2.56. The van der Waals surface area contributed by atoms with Gasteiger partial charge in [0.1, 0.15) is 30.0 Å². The summed E-state index contributed by atoms with van der Waals surface area (Å²) in [7, 11) is 1.32. The van der Waals surface area contributed by atoms with Crippen molar-refractivity contribution in [1.29, 1.82) is 0 Å². The molecule has 226 valence electrons. The topological polar surface area (TPSA) is 85.4 Å². The number of benzene rings is 2. The van der Waals surface area contributed by atoms with Crippen molar-refractivity contribution in [3.63, 3.8) is 0 Å². The average molecular weight is 618 g/mol. The van der Waals surface area contributed by atoms with Gasteiger partial charge in [0.05, 0.1) is 7.11 Å². The number of nitrogens with zero attached hydrogens (tertiary/aromatic N) is 2. The smallest absolute Gasteiger partial charge is 0.410 e. The highest BCUT2D eigenvalue weighted by Crippen LogP contribution is 2.33. The number of amides is 2. The summed E-state index contributed by atoms with van der Waals surface area (Å²) in [5.41, 5.74) is 0.825. The van der Waals surface area contributed by atoms with Crippen LogP contribution in [-0.2, 0) is 32.1 Å². The van der Waals surface area contributed by atoms with Crippen LogP contribution < -0.4 is 4.74 Å². The molecule has 0 unspecified atom stereocenters. The van der Waals surface area contributed by atoms with Crippen molar-refractivity contribution in [1.82, 2.24) is 9.80 Å². The maximum absolute atomic E-state index is 14.2. The van der Waals surface area contributed by atoms with Crippen LogP contribution in [-0.4, -0.2) is 65.7 Å². The van der Waals surface area contributed by atoms with E-state index in [1.165, 1.54) is 12.0 Å². The Balaban J connectivity index is 1.54. The molecule has 1 saturated heterocycles. The van der Waals surface area contributed by atoms with Crippen molar-refractivity contribution in [3.8, 4) is 5.75 Å². The number of methoxy groups -OCH3 is 1. The Morgan fingerprint density at radius 2 is 1.71 bits per heavy atom. The van der Waals surface area contributed by atoms with E-state index in [0.717, 1.165) is 5.56 Å². The number of fused-ring (bicyclic) bond motifs is 1. The lowest BCUT2D eigenvalue weighted by atomic mass is 9.94. The Labute approximate surface area is 257 Å². The van der Waals surface area contributed by atoms with Crippen LogP contribution in [0.3, 0.4) is 0 Å². The predicted molar refractivity (Wildman–Crippen MR) is 162 cm³/mol. The molecule has 0 bridgehead atoms. The van der Waals surface area contributed by atoms with Gasteiger partial charge in [-0.1, -0.05) is 53.6 Å². The fourth-order valence-electron chi connectivity index (χ4n) is 5.38. The summed E-state index contributed by atoms with van der Waals surface area (Å²) in [6.07, 6.45) is 5.75. The van der Waals surface area contributed by atoms with Crippen molar-refractivity contribution in [2.45, 2.75) is 70.7 Å². The third kappa shape index (κ3) is 7.78. The third-order valence-electron chi connectivity index (χ3n) is 7.48. The van der Waals surface area contributed by atoms with Crippen molar-refractivity contribution in [2.75, 3.05) is 20.2 Å². The Kier molecular flexibility index (Phi) is 10.4. The second-order valence-corrected chi connectivity index (χ2v) is 12.4. The molecule has 42 heavy (non-hydrogen) atoms. The number of hydrogen-bond acceptors (Lipinski definition) is 6. The molecule has 2 aliphatic heterocycles. The molecule has 0 aromatic heterocycles. The summed E-state index contributed by atoms with van der Waals surface area (Å²) in [5.74, 6) is -0.240. The van der Waals surface area contributed by atoms with Gasteiger partial charge >= 0.3 is 12.1 Å². The molecule has 8 nitrogen and oxygen atoms in total. The van der Waals surface area contributed by atoms with E-state index in [4.69, 9.17) is 37.4 Å². The zero-order valence-electron chi connectivity index (χ0n) is 24.5. The van der Waals surface area contributed by atoms with Crippen LogP contribution in [0.1, 0.15) is 51.2 Å². The van der Waals surface area contributed by atoms with Crippen LogP contribution in [0.4, 0.5) is 4.79 Å². The lowest BCUT2D eigenvalue weighted by molar-refractivity contribution is -0.155. The molecule has 2 aromatic rings. The standard InChI is InChI=1S/C32H38Cl2N2O6/c1-32(2,3)42-31(39)36-18-16-22-9-6-5-7-17-35(29(37)28(22)36)27(30(38)40-4)19-21-12-14-23(15-13-21)41-20-24-25(33)10-8-11-26(24)34/h5-6,8,10-15,22,27-28H,7,9,16-20H2,1-4H3/b6-5-/t22-,27-,28-/m0/s1. The number of rotatable bonds is 7. The van der Waals surface area contributed by atoms with E-state index in [0.29, 0.717) is 53.7 Å². The Hall–Kier alpha value is -3.23. The fourth-order valence-corrected chi connectivity index (χ4v) is 5.89. The molecule has 3 atom stereocenters. The second kappa shape index (κ2) is 13.8. The van der Waals surface area contributed by atoms with Crippen molar-refractivity contribution >= 4 is 41.2 Å². The van der Waals surface area contributed by atoms with Crippen molar-refractivity contribution in [3.05, 3.63) is 75.8 Å². The van der Waals surface area contributed by atoms with E-state index in [1.807, 2.05) is 18.2 Å². The van der Waals surface area contributed by atoms with Crippen LogP contribution in [0.15, 0.2) is 54.6 Å². The molecule has 0 spiro atoms. The molecule has 2 amide bonds. The SMILES string of the molecule is COC(=O)[C@H](Cc1ccc(OCc2c(Cl)cccc2Cl)cc1)N1CC/C=C\C[C@H]2CCN(C(=O)OC(C)(C)C)[C@@H]2C1=O. The molecular formula is C32H38Cl2N2O6. The van der Waals surface area contributed by atoms with Crippen molar-refractivity contribution < 1.29 is 28.6 Å². The first-order valence-electron chi connectivity index (χ1n) is 14.2. The van der Waals surface area contributed by atoms with E-state index in [1.54, 1.807) is 56.0 Å². The highest BCUT2D eigenvalue weighted by atomic mass is 35.5. The second-order valence-electron chi connectivity index (χ2n) is 11.6. The minimum Gasteiger partial charge on any atom is -0.489 e. The van der Waals surface area contributed by atoms with Gasteiger partial charge in [-0.2, -0.15) is 0 Å². The predicted octanol–water partition coefficient (Wildman–Crippen LogP) is 6.46. The van der Waals surface area contributed by atoms with Crippen LogP contribution in [0.25, 0.3) is 0 Å². The van der Waals surface area contributed by atoms with E-state index in [-0.39, 0.29) is 24.9 Å². The normalized spacial score (nSPS) is 20.6. The van der Waals surface area contributed by atoms with Gasteiger partial charge in [-0.25, -0.2) is 9.59 Å². The maximum atomic E-state index is 14.2. The molecular weight excluding hydrogens is 579 g/mol. The molecule has 0 radical (unpaired) electrons. The molecule has 2 aliphatic rings. The van der Waals surface area contributed by atoms with E-state index < -0.39 is 29.7 Å². The van der Waals surface area contributed by atoms with Gasteiger partial charge in [-0.15, -0.1) is 0 Å². The number of allylic oxidation sites excluding steroid dienone is 1. The first kappa shape index (κ1) is 31.7. The van der Waals surface area contributed by atoms with Crippen molar-refractivity contribution in [2.24, 2.45) is 5.92 Å². The number of carbonyl (C=O) groups is 3. The number of ether oxygens (including phenoxy) is 3. The number of esters is 1. The number of hydrogen-bond donors (Lipinski definition) is 0. The molecule has 1 fully saturated rings. The van der Waals surface area contributed by atoms with Gasteiger partial charge in [0.25, 0.3) is 0 Å². The Morgan fingerprint density at radius 3 is 2.36 bits per heavy atom. The maximum Gasteiger partial charge on any atom is 0.410 e. The van der Waals surface area contributed by atoms with Gasteiger partial charge < -0.3 is 19.1 Å².